The molecule has 4 aliphatic rings. The molecule has 0 heterocycles. The molecule has 2 nitrogen and oxygen atoms in total. The van der Waals surface area contributed by atoms with Gasteiger partial charge in [0.1, 0.15) is 0 Å². The first-order chi connectivity index (χ1) is 13.6. The SMILES string of the molecule is CC(C)CCC[C@@H](C)C1CCC2C3CC(O)C4(O)CCCCC4(C)C3CCC21C. The van der Waals surface area contributed by atoms with Gasteiger partial charge in [-0.3, -0.25) is 0 Å². The van der Waals surface area contributed by atoms with E-state index in [-0.39, 0.29) is 5.41 Å². The first-order valence-corrected chi connectivity index (χ1v) is 13.0. The van der Waals surface area contributed by atoms with Gasteiger partial charge in [-0.2, -0.15) is 0 Å². The summed E-state index contributed by atoms with van der Waals surface area (Å²) < 4.78 is 0. The number of hydrogen-bond donors (Lipinski definition) is 2. The number of hydrogen-bond acceptors (Lipinski definition) is 2. The topological polar surface area (TPSA) is 40.5 Å². The van der Waals surface area contributed by atoms with Crippen LogP contribution in [0, 0.1) is 46.3 Å². The average Bonchev–Trinajstić information content (AvgIpc) is 3.01. The minimum atomic E-state index is -0.831. The van der Waals surface area contributed by atoms with Crippen LogP contribution in [0.25, 0.3) is 0 Å². The van der Waals surface area contributed by atoms with Crippen LogP contribution in [0.5, 0.6) is 0 Å². The van der Waals surface area contributed by atoms with Gasteiger partial charge in [-0.05, 0) is 85.9 Å². The second kappa shape index (κ2) is 7.80. The molecular weight excluding hydrogens is 356 g/mol. The van der Waals surface area contributed by atoms with Crippen LogP contribution in [0.15, 0.2) is 0 Å². The maximum absolute atomic E-state index is 11.6. The lowest BCUT2D eigenvalue weighted by atomic mass is 9.42. The van der Waals surface area contributed by atoms with E-state index in [0.717, 1.165) is 49.4 Å². The minimum Gasteiger partial charge on any atom is -0.390 e. The van der Waals surface area contributed by atoms with E-state index in [0.29, 0.717) is 17.3 Å². The molecule has 4 aliphatic carbocycles. The van der Waals surface area contributed by atoms with Crippen LogP contribution in [0.1, 0.15) is 112 Å². The monoisotopic (exact) mass is 404 g/mol. The van der Waals surface area contributed by atoms with Crippen LogP contribution in [0.4, 0.5) is 0 Å². The fourth-order valence-electron chi connectivity index (χ4n) is 9.33. The second-order valence-corrected chi connectivity index (χ2v) is 12.7. The number of fused-ring (bicyclic) bond motifs is 5. The van der Waals surface area contributed by atoms with Crippen molar-refractivity contribution in [2.75, 3.05) is 0 Å². The predicted octanol–water partition coefficient (Wildman–Crippen LogP) is 6.58. The van der Waals surface area contributed by atoms with Gasteiger partial charge in [-0.25, -0.2) is 0 Å². The Hall–Kier alpha value is -0.0800. The molecule has 0 aromatic carbocycles. The summed E-state index contributed by atoms with van der Waals surface area (Å²) in [5.74, 6) is 4.51. The highest BCUT2D eigenvalue weighted by atomic mass is 16.3. The largest absolute Gasteiger partial charge is 0.390 e. The van der Waals surface area contributed by atoms with Gasteiger partial charge < -0.3 is 10.2 Å². The van der Waals surface area contributed by atoms with Crippen LogP contribution in [-0.2, 0) is 0 Å². The molecule has 0 aromatic heterocycles. The second-order valence-electron chi connectivity index (χ2n) is 12.7. The Morgan fingerprint density at radius 1 is 0.897 bits per heavy atom. The molecule has 2 N–H and O–H groups in total. The molecule has 8 unspecified atom stereocenters. The summed E-state index contributed by atoms with van der Waals surface area (Å²) in [5, 5.41) is 22.8. The number of aliphatic hydroxyl groups excluding tert-OH is 1. The van der Waals surface area contributed by atoms with Gasteiger partial charge >= 0.3 is 0 Å². The third-order valence-electron chi connectivity index (χ3n) is 11.0. The molecule has 29 heavy (non-hydrogen) atoms. The van der Waals surface area contributed by atoms with E-state index in [1.165, 1.54) is 51.4 Å². The maximum Gasteiger partial charge on any atom is 0.0961 e. The van der Waals surface area contributed by atoms with E-state index in [2.05, 4.69) is 34.6 Å². The Morgan fingerprint density at radius 3 is 2.34 bits per heavy atom. The van der Waals surface area contributed by atoms with Crippen LogP contribution < -0.4 is 0 Å². The zero-order chi connectivity index (χ0) is 21.0. The van der Waals surface area contributed by atoms with Gasteiger partial charge in [0.05, 0.1) is 11.7 Å². The van der Waals surface area contributed by atoms with Gasteiger partial charge in [0.15, 0.2) is 0 Å². The lowest BCUT2D eigenvalue weighted by Crippen LogP contribution is -2.67. The predicted molar refractivity (Wildman–Crippen MR) is 121 cm³/mol. The Labute approximate surface area is 180 Å². The van der Waals surface area contributed by atoms with Crippen molar-refractivity contribution in [3.05, 3.63) is 0 Å². The third kappa shape index (κ3) is 3.34. The Kier molecular flexibility index (Phi) is 5.95. The van der Waals surface area contributed by atoms with Crippen molar-refractivity contribution in [3.8, 4) is 0 Å². The van der Waals surface area contributed by atoms with Crippen molar-refractivity contribution in [1.29, 1.82) is 0 Å². The number of aliphatic hydroxyl groups is 2. The van der Waals surface area contributed by atoms with Gasteiger partial charge in [0.2, 0.25) is 0 Å². The standard InChI is InChI=1S/C27H48O2/c1-18(2)9-8-10-19(3)21-11-12-22-20-17-24(28)27(29)15-7-6-14-26(27,5)23(20)13-16-25(21,22)4/h18-24,28-29H,6-17H2,1-5H3/t19-,20?,21?,22?,23?,24?,25?,26?,27?/m1/s1. The summed E-state index contributed by atoms with van der Waals surface area (Å²) >= 11 is 0. The Balaban J connectivity index is 1.53. The highest BCUT2D eigenvalue weighted by Gasteiger charge is 2.66. The van der Waals surface area contributed by atoms with Gasteiger partial charge in [-0.1, -0.05) is 66.7 Å². The maximum atomic E-state index is 11.6. The van der Waals surface area contributed by atoms with Crippen LogP contribution >= 0.6 is 0 Å². The molecule has 4 fully saturated rings. The first kappa shape index (κ1) is 22.1. The lowest BCUT2D eigenvalue weighted by molar-refractivity contribution is -0.253. The molecule has 0 amide bonds. The number of rotatable bonds is 5. The fraction of sp³-hybridized carbons (Fsp3) is 1.00. The molecule has 0 saturated heterocycles. The molecule has 0 radical (unpaired) electrons. The van der Waals surface area contributed by atoms with Crippen molar-refractivity contribution < 1.29 is 10.2 Å². The molecule has 0 spiro atoms. The lowest BCUT2D eigenvalue weighted by Gasteiger charge is -2.65. The summed E-state index contributed by atoms with van der Waals surface area (Å²) in [7, 11) is 0. The van der Waals surface area contributed by atoms with E-state index >= 15 is 0 Å². The van der Waals surface area contributed by atoms with Crippen LogP contribution in [-0.4, -0.2) is 21.9 Å². The molecule has 4 rings (SSSR count). The quantitative estimate of drug-likeness (QED) is 0.543. The van der Waals surface area contributed by atoms with E-state index in [9.17, 15) is 10.2 Å². The zero-order valence-electron chi connectivity index (χ0n) is 19.9. The van der Waals surface area contributed by atoms with Crippen molar-refractivity contribution in [3.63, 3.8) is 0 Å². The van der Waals surface area contributed by atoms with E-state index in [1.54, 1.807) is 0 Å². The molecular formula is C27H48O2. The van der Waals surface area contributed by atoms with Crippen molar-refractivity contribution in [2.45, 2.75) is 123 Å². The molecule has 9 atom stereocenters. The van der Waals surface area contributed by atoms with Gasteiger partial charge in [0.25, 0.3) is 0 Å². The van der Waals surface area contributed by atoms with Gasteiger partial charge in [0, 0.05) is 5.41 Å². The summed E-state index contributed by atoms with van der Waals surface area (Å²) in [4.78, 5) is 0. The van der Waals surface area contributed by atoms with Gasteiger partial charge in [-0.15, -0.1) is 0 Å². The van der Waals surface area contributed by atoms with Crippen LogP contribution in [0.3, 0.4) is 0 Å². The Bertz CT molecular complexity index is 587. The zero-order valence-corrected chi connectivity index (χ0v) is 19.9. The molecule has 2 heteroatoms. The highest BCUT2D eigenvalue weighted by molar-refractivity contribution is 5.16. The molecule has 168 valence electrons. The van der Waals surface area contributed by atoms with Crippen molar-refractivity contribution in [2.24, 2.45) is 46.3 Å². The molecule has 4 saturated carbocycles. The average molecular weight is 405 g/mol. The van der Waals surface area contributed by atoms with E-state index in [1.807, 2.05) is 0 Å². The highest BCUT2D eigenvalue weighted by Crippen LogP contribution is 2.69. The van der Waals surface area contributed by atoms with E-state index < -0.39 is 11.7 Å². The molecule has 0 aliphatic heterocycles. The van der Waals surface area contributed by atoms with E-state index in [4.69, 9.17) is 0 Å². The smallest absolute Gasteiger partial charge is 0.0961 e. The molecule has 0 aromatic rings. The summed E-state index contributed by atoms with van der Waals surface area (Å²) in [6, 6.07) is 0. The van der Waals surface area contributed by atoms with Crippen LogP contribution in [0.2, 0.25) is 0 Å². The normalized spacial score (nSPS) is 50.7. The summed E-state index contributed by atoms with van der Waals surface area (Å²) in [6.45, 7) is 12.2. The third-order valence-corrected chi connectivity index (χ3v) is 11.0. The molecule has 0 bridgehead atoms. The minimum absolute atomic E-state index is 0.0735. The summed E-state index contributed by atoms with van der Waals surface area (Å²) in [5.41, 5.74) is -0.448. The Morgan fingerprint density at radius 2 is 1.62 bits per heavy atom. The van der Waals surface area contributed by atoms with Crippen molar-refractivity contribution >= 4 is 0 Å². The summed E-state index contributed by atoms with van der Waals surface area (Å²) in [6.07, 6.45) is 14.1. The van der Waals surface area contributed by atoms with Crippen molar-refractivity contribution in [1.82, 2.24) is 0 Å². The fourth-order valence-corrected chi connectivity index (χ4v) is 9.33. The first-order valence-electron chi connectivity index (χ1n) is 13.0.